The molecule has 0 spiro atoms. The molecule has 0 amide bonds. The molecule has 14 heavy (non-hydrogen) atoms. The Kier molecular flexibility index (Phi) is 5.10. The van der Waals surface area contributed by atoms with Crippen LogP contribution < -0.4 is 0 Å². The lowest BCUT2D eigenvalue weighted by atomic mass is 9.99. The van der Waals surface area contributed by atoms with Gasteiger partial charge in [0, 0.05) is 6.61 Å². The highest BCUT2D eigenvalue weighted by Crippen LogP contribution is 2.44. The first-order chi connectivity index (χ1) is 6.25. The smallest absolute Gasteiger partial charge is 0.0771 e. The maximum Gasteiger partial charge on any atom is 0.0771 e. The van der Waals surface area contributed by atoms with Gasteiger partial charge >= 0.3 is 0 Å². The van der Waals surface area contributed by atoms with Gasteiger partial charge in [-0.3, -0.25) is 0 Å². The van der Waals surface area contributed by atoms with E-state index >= 15 is 0 Å². The molecule has 0 atom stereocenters. The van der Waals surface area contributed by atoms with Crippen LogP contribution in [0.1, 0.15) is 34.1 Å². The number of hydrogen-bond donors (Lipinski definition) is 1. The Morgan fingerprint density at radius 3 is 2.14 bits per heavy atom. The van der Waals surface area contributed by atoms with Crippen LogP contribution in [-0.2, 0) is 0 Å². The van der Waals surface area contributed by atoms with Crippen molar-refractivity contribution in [1.82, 2.24) is 0 Å². The molecule has 1 nitrogen and oxygen atoms in total. The van der Waals surface area contributed by atoms with Crippen LogP contribution in [0, 0.1) is 5.92 Å². The molecule has 0 saturated carbocycles. The predicted molar refractivity (Wildman–Crippen MR) is 67.2 cm³/mol. The Hall–Kier alpha value is -0.0831. The molecule has 0 unspecified atom stereocenters. The maximum atomic E-state index is 8.74. The third-order valence-electron chi connectivity index (χ3n) is 3.93. The van der Waals surface area contributed by atoms with Crippen LogP contribution in [-0.4, -0.2) is 19.8 Å². The minimum absolute atomic E-state index is 0.267. The number of hydrogen-bond acceptors (Lipinski definition) is 1. The number of aliphatic hydroxyl groups excluding tert-OH is 1. The molecule has 0 heterocycles. The summed E-state index contributed by atoms with van der Waals surface area (Å²) in [6.07, 6.45) is 2.95. The second-order valence-electron chi connectivity index (χ2n) is 5.51. The van der Waals surface area contributed by atoms with Crippen LogP contribution in [0.2, 0.25) is 18.1 Å². The monoisotopic (exact) mass is 214 g/mol. The van der Waals surface area contributed by atoms with Gasteiger partial charge in [0.2, 0.25) is 0 Å². The van der Waals surface area contributed by atoms with E-state index in [0.29, 0.717) is 11.0 Å². The molecule has 0 aliphatic carbocycles. The molecule has 0 bridgehead atoms. The van der Waals surface area contributed by atoms with Crippen molar-refractivity contribution in [3.63, 3.8) is 0 Å². The van der Waals surface area contributed by atoms with E-state index in [0.717, 1.165) is 6.42 Å². The maximum absolute atomic E-state index is 8.74. The zero-order valence-corrected chi connectivity index (χ0v) is 11.6. The summed E-state index contributed by atoms with van der Waals surface area (Å²) in [6, 6.07) is 0. The van der Waals surface area contributed by atoms with Gasteiger partial charge in [-0.25, -0.2) is 0 Å². The summed E-state index contributed by atoms with van der Waals surface area (Å²) in [7, 11) is -1.32. The lowest BCUT2D eigenvalue weighted by molar-refractivity contribution is 0.302. The Bertz CT molecular complexity index is 192. The van der Waals surface area contributed by atoms with E-state index in [4.69, 9.17) is 5.11 Å². The summed E-state index contributed by atoms with van der Waals surface area (Å²) >= 11 is 0. The summed E-state index contributed by atoms with van der Waals surface area (Å²) in [4.78, 5) is 0. The van der Waals surface area contributed by atoms with Crippen LogP contribution >= 0.6 is 0 Å². The first-order valence-electron chi connectivity index (χ1n) is 5.54. The summed E-state index contributed by atoms with van der Waals surface area (Å²) in [6.45, 7) is 14.4. The van der Waals surface area contributed by atoms with Gasteiger partial charge in [0.05, 0.1) is 8.07 Å². The minimum Gasteiger partial charge on any atom is -0.396 e. The van der Waals surface area contributed by atoms with Crippen molar-refractivity contribution in [2.24, 2.45) is 5.92 Å². The first-order valence-corrected chi connectivity index (χ1v) is 8.62. The summed E-state index contributed by atoms with van der Waals surface area (Å²) in [5, 5.41) is 9.15. The van der Waals surface area contributed by atoms with Crippen molar-refractivity contribution in [2.45, 2.75) is 52.2 Å². The lowest BCUT2D eigenvalue weighted by Crippen LogP contribution is -2.40. The van der Waals surface area contributed by atoms with Crippen molar-refractivity contribution in [1.29, 1.82) is 0 Å². The standard InChI is InChI=1S/C12H26OSi/c1-11(2)12(3,4)14(5,6)10-8-7-9-13/h8,10-11,13H,7,9H2,1-6H3/b10-8+. The van der Waals surface area contributed by atoms with Gasteiger partial charge in [-0.2, -0.15) is 0 Å². The topological polar surface area (TPSA) is 20.2 Å². The van der Waals surface area contributed by atoms with Crippen LogP contribution in [0.3, 0.4) is 0 Å². The number of rotatable bonds is 5. The molecular weight excluding hydrogens is 188 g/mol. The van der Waals surface area contributed by atoms with Gasteiger partial charge < -0.3 is 5.11 Å². The highest BCUT2D eigenvalue weighted by atomic mass is 28.3. The largest absolute Gasteiger partial charge is 0.396 e. The van der Waals surface area contributed by atoms with Crippen LogP contribution in [0.5, 0.6) is 0 Å². The SMILES string of the molecule is CC(C)C(C)(C)[Si](C)(C)/C=C/CCO. The van der Waals surface area contributed by atoms with E-state index in [1.165, 1.54) is 0 Å². The first kappa shape index (κ1) is 13.9. The molecule has 0 aliphatic heterocycles. The van der Waals surface area contributed by atoms with Crippen molar-refractivity contribution < 1.29 is 5.11 Å². The van der Waals surface area contributed by atoms with E-state index in [9.17, 15) is 0 Å². The molecule has 0 aliphatic rings. The van der Waals surface area contributed by atoms with Crippen LogP contribution in [0.4, 0.5) is 0 Å². The molecule has 0 rings (SSSR count). The van der Waals surface area contributed by atoms with Crippen molar-refractivity contribution in [3.05, 3.63) is 11.8 Å². The fourth-order valence-corrected chi connectivity index (χ4v) is 4.08. The molecule has 0 aromatic heterocycles. The Morgan fingerprint density at radius 1 is 1.29 bits per heavy atom. The second-order valence-corrected chi connectivity index (χ2v) is 10.6. The Morgan fingerprint density at radius 2 is 1.79 bits per heavy atom. The Labute approximate surface area is 90.2 Å². The summed E-state index contributed by atoms with van der Waals surface area (Å²) in [5.41, 5.74) is 2.38. The van der Waals surface area contributed by atoms with E-state index in [2.05, 4.69) is 52.6 Å². The minimum atomic E-state index is -1.32. The molecule has 0 aromatic rings. The van der Waals surface area contributed by atoms with Gasteiger partial charge in [0.25, 0.3) is 0 Å². The van der Waals surface area contributed by atoms with E-state index in [1.54, 1.807) is 0 Å². The zero-order chi connectivity index (χ0) is 11.4. The van der Waals surface area contributed by atoms with Gasteiger partial charge in [-0.05, 0) is 17.4 Å². The number of aliphatic hydroxyl groups is 1. The average Bonchev–Trinajstić information content (AvgIpc) is 2.04. The van der Waals surface area contributed by atoms with E-state index in [1.807, 2.05) is 0 Å². The van der Waals surface area contributed by atoms with Gasteiger partial charge in [-0.1, -0.05) is 52.6 Å². The fourth-order valence-electron chi connectivity index (χ4n) is 1.41. The molecule has 0 radical (unpaired) electrons. The Balaban J connectivity index is 4.59. The fraction of sp³-hybridized carbons (Fsp3) is 0.833. The highest BCUT2D eigenvalue weighted by molar-refractivity contribution is 6.84. The molecule has 84 valence electrons. The predicted octanol–water partition coefficient (Wildman–Crippen LogP) is 3.61. The third kappa shape index (κ3) is 3.25. The second kappa shape index (κ2) is 5.13. The lowest BCUT2D eigenvalue weighted by Gasteiger charge is -2.41. The molecule has 0 saturated heterocycles. The van der Waals surface area contributed by atoms with Crippen LogP contribution in [0.15, 0.2) is 11.8 Å². The van der Waals surface area contributed by atoms with Crippen LogP contribution in [0.25, 0.3) is 0 Å². The summed E-state index contributed by atoms with van der Waals surface area (Å²) < 4.78 is 0. The molecule has 2 heteroatoms. The molecule has 0 fully saturated rings. The van der Waals surface area contributed by atoms with Crippen molar-refractivity contribution in [2.75, 3.05) is 6.61 Å². The quantitative estimate of drug-likeness (QED) is 0.693. The van der Waals surface area contributed by atoms with E-state index < -0.39 is 8.07 Å². The summed E-state index contributed by atoms with van der Waals surface area (Å²) in [5.74, 6) is 0.711. The van der Waals surface area contributed by atoms with Gasteiger partial charge in [-0.15, -0.1) is 0 Å². The molecular formula is C12H26OSi. The molecule has 1 N–H and O–H groups in total. The van der Waals surface area contributed by atoms with Gasteiger partial charge in [0.1, 0.15) is 0 Å². The van der Waals surface area contributed by atoms with Crippen molar-refractivity contribution in [3.8, 4) is 0 Å². The normalized spacial score (nSPS) is 14.3. The highest BCUT2D eigenvalue weighted by Gasteiger charge is 2.38. The van der Waals surface area contributed by atoms with E-state index in [-0.39, 0.29) is 6.61 Å². The van der Waals surface area contributed by atoms with Gasteiger partial charge in [0.15, 0.2) is 0 Å². The molecule has 0 aromatic carbocycles. The zero-order valence-electron chi connectivity index (χ0n) is 10.6. The van der Waals surface area contributed by atoms with Crippen molar-refractivity contribution >= 4 is 8.07 Å². The average molecular weight is 214 g/mol. The third-order valence-corrected chi connectivity index (χ3v) is 8.90.